The van der Waals surface area contributed by atoms with Crippen LogP contribution < -0.4 is 11.1 Å². The Hall–Kier alpha value is -2.15. The van der Waals surface area contributed by atoms with Crippen LogP contribution in [-0.2, 0) is 6.54 Å². The summed E-state index contributed by atoms with van der Waals surface area (Å²) in [4.78, 5) is 8.57. The summed E-state index contributed by atoms with van der Waals surface area (Å²) in [6.45, 7) is 4.21. The average molecular weight is 275 g/mol. The van der Waals surface area contributed by atoms with Crippen molar-refractivity contribution in [3.63, 3.8) is 0 Å². The minimum Gasteiger partial charge on any atom is -0.397 e. The molecule has 0 spiro atoms. The normalized spacial score (nSPS) is 11.1. The van der Waals surface area contributed by atoms with Gasteiger partial charge in [0.05, 0.1) is 33.1 Å². The molecule has 0 aliphatic rings. The molecule has 3 rings (SSSR count). The van der Waals surface area contributed by atoms with Crippen molar-refractivity contribution >= 4 is 32.9 Å². The number of nitrogens with zero attached hydrogens (tertiary/aromatic N) is 3. The van der Waals surface area contributed by atoms with Crippen molar-refractivity contribution in [1.82, 2.24) is 15.1 Å². The van der Waals surface area contributed by atoms with Gasteiger partial charge in [0, 0.05) is 6.92 Å². The Morgan fingerprint density at radius 2 is 2.16 bits per heavy atom. The van der Waals surface area contributed by atoms with Crippen molar-refractivity contribution in [3.8, 4) is 0 Å². The first-order valence-corrected chi connectivity index (χ1v) is 6.63. The number of thiazole rings is 1. The van der Waals surface area contributed by atoms with Crippen LogP contribution in [0.25, 0.3) is 10.2 Å². The third-order valence-corrected chi connectivity index (χ3v) is 3.61. The van der Waals surface area contributed by atoms with E-state index in [-0.39, 0.29) is 0 Å². The van der Waals surface area contributed by atoms with Crippen LogP contribution in [0.15, 0.2) is 16.7 Å². The van der Waals surface area contributed by atoms with Crippen molar-refractivity contribution in [3.05, 3.63) is 28.9 Å². The number of aryl methyl sites for hydroxylation is 2. The maximum absolute atomic E-state index is 6.02. The van der Waals surface area contributed by atoms with Gasteiger partial charge in [-0.2, -0.15) is 4.98 Å². The van der Waals surface area contributed by atoms with Crippen LogP contribution >= 0.6 is 11.3 Å². The summed E-state index contributed by atoms with van der Waals surface area (Å²) in [6.07, 6.45) is 0. The van der Waals surface area contributed by atoms with Crippen LogP contribution in [0, 0.1) is 13.8 Å². The van der Waals surface area contributed by atoms with Crippen molar-refractivity contribution in [2.75, 3.05) is 11.1 Å². The standard InChI is InChI=1S/C12H13N5OS/c1-6-15-12(17-18-6)5-14-9-4-10-11(3-8(9)13)19-7(2)16-10/h3-4,14H,5,13H2,1-2H3. The summed E-state index contributed by atoms with van der Waals surface area (Å²) in [5, 5.41) is 8.05. The molecule has 19 heavy (non-hydrogen) atoms. The minimum atomic E-state index is 0.468. The predicted octanol–water partition coefficient (Wildman–Crippen LogP) is 2.49. The fourth-order valence-corrected chi connectivity index (χ4v) is 2.70. The minimum absolute atomic E-state index is 0.468. The Balaban J connectivity index is 1.85. The molecule has 0 radical (unpaired) electrons. The van der Waals surface area contributed by atoms with Gasteiger partial charge in [-0.3, -0.25) is 0 Å². The van der Waals surface area contributed by atoms with Gasteiger partial charge in [-0.15, -0.1) is 11.3 Å². The van der Waals surface area contributed by atoms with Gasteiger partial charge >= 0.3 is 0 Å². The fourth-order valence-electron chi connectivity index (χ4n) is 1.85. The number of anilines is 2. The van der Waals surface area contributed by atoms with E-state index in [0.717, 1.165) is 20.9 Å². The monoisotopic (exact) mass is 275 g/mol. The number of nitrogens with one attached hydrogen (secondary N) is 1. The number of nitrogens with two attached hydrogens (primary N) is 1. The number of aromatic nitrogens is 3. The molecule has 0 fully saturated rings. The lowest BCUT2D eigenvalue weighted by Crippen LogP contribution is -2.03. The second kappa shape index (κ2) is 4.51. The summed E-state index contributed by atoms with van der Waals surface area (Å²) in [7, 11) is 0. The van der Waals surface area contributed by atoms with E-state index in [1.807, 2.05) is 19.1 Å². The molecule has 0 aliphatic carbocycles. The molecule has 0 atom stereocenters. The van der Waals surface area contributed by atoms with Gasteiger partial charge in [-0.05, 0) is 19.1 Å². The van der Waals surface area contributed by atoms with Gasteiger partial charge in [0.2, 0.25) is 5.89 Å². The van der Waals surface area contributed by atoms with Crippen LogP contribution in [0.1, 0.15) is 16.7 Å². The van der Waals surface area contributed by atoms with Crippen molar-refractivity contribution < 1.29 is 4.52 Å². The van der Waals surface area contributed by atoms with Gasteiger partial charge in [-0.1, -0.05) is 5.16 Å². The SMILES string of the molecule is Cc1nc(CNc2cc3nc(C)sc3cc2N)no1. The third-order valence-electron chi connectivity index (χ3n) is 2.67. The zero-order valence-corrected chi connectivity index (χ0v) is 11.4. The molecule has 0 saturated carbocycles. The van der Waals surface area contributed by atoms with E-state index in [9.17, 15) is 0 Å². The highest BCUT2D eigenvalue weighted by atomic mass is 32.1. The molecule has 3 N–H and O–H groups in total. The Morgan fingerprint density at radius 3 is 2.89 bits per heavy atom. The van der Waals surface area contributed by atoms with E-state index in [1.54, 1.807) is 18.3 Å². The molecule has 0 saturated heterocycles. The Kier molecular flexibility index (Phi) is 2.83. The highest BCUT2D eigenvalue weighted by Gasteiger charge is 2.07. The van der Waals surface area contributed by atoms with E-state index < -0.39 is 0 Å². The van der Waals surface area contributed by atoms with Gasteiger partial charge in [-0.25, -0.2) is 4.98 Å². The van der Waals surface area contributed by atoms with E-state index in [2.05, 4.69) is 20.4 Å². The first kappa shape index (κ1) is 11.9. The first-order chi connectivity index (χ1) is 9.11. The van der Waals surface area contributed by atoms with Crippen molar-refractivity contribution in [2.45, 2.75) is 20.4 Å². The molecule has 3 aromatic rings. The molecule has 0 aliphatic heterocycles. The maximum atomic E-state index is 6.02. The fraction of sp³-hybridized carbons (Fsp3) is 0.250. The quantitative estimate of drug-likeness (QED) is 0.714. The molecule has 98 valence electrons. The largest absolute Gasteiger partial charge is 0.397 e. The second-order valence-electron chi connectivity index (χ2n) is 4.22. The van der Waals surface area contributed by atoms with Crippen LogP contribution in [0.5, 0.6) is 0 Å². The number of hydrogen-bond acceptors (Lipinski definition) is 7. The van der Waals surface area contributed by atoms with E-state index in [0.29, 0.717) is 23.9 Å². The lowest BCUT2D eigenvalue weighted by molar-refractivity contribution is 0.388. The predicted molar refractivity (Wildman–Crippen MR) is 75.1 cm³/mol. The molecule has 0 bridgehead atoms. The van der Waals surface area contributed by atoms with Crippen LogP contribution in [0.4, 0.5) is 11.4 Å². The molecule has 6 nitrogen and oxygen atoms in total. The Bertz CT molecular complexity index is 733. The smallest absolute Gasteiger partial charge is 0.223 e. The Morgan fingerprint density at radius 1 is 1.32 bits per heavy atom. The second-order valence-corrected chi connectivity index (χ2v) is 5.46. The van der Waals surface area contributed by atoms with E-state index in [1.165, 1.54) is 0 Å². The molecule has 7 heteroatoms. The number of fused-ring (bicyclic) bond motifs is 1. The first-order valence-electron chi connectivity index (χ1n) is 5.81. The summed E-state index contributed by atoms with van der Waals surface area (Å²) in [6, 6.07) is 3.88. The summed E-state index contributed by atoms with van der Waals surface area (Å²) in [5.74, 6) is 1.15. The molecule has 2 heterocycles. The summed E-state index contributed by atoms with van der Waals surface area (Å²) < 4.78 is 6.01. The lowest BCUT2D eigenvalue weighted by Gasteiger charge is -2.06. The zero-order valence-electron chi connectivity index (χ0n) is 10.6. The van der Waals surface area contributed by atoms with E-state index in [4.69, 9.17) is 10.3 Å². The summed E-state index contributed by atoms with van der Waals surface area (Å²) in [5.41, 5.74) is 8.49. The third kappa shape index (κ3) is 2.37. The number of benzene rings is 1. The molecular formula is C12H13N5OS. The highest BCUT2D eigenvalue weighted by molar-refractivity contribution is 7.18. The van der Waals surface area contributed by atoms with Crippen LogP contribution in [0.2, 0.25) is 0 Å². The number of hydrogen-bond donors (Lipinski definition) is 2. The molecule has 1 aromatic carbocycles. The molecular weight excluding hydrogens is 262 g/mol. The Labute approximate surface area is 113 Å². The number of rotatable bonds is 3. The van der Waals surface area contributed by atoms with Gasteiger partial charge in [0.25, 0.3) is 0 Å². The van der Waals surface area contributed by atoms with Crippen molar-refractivity contribution in [2.24, 2.45) is 0 Å². The topological polar surface area (TPSA) is 89.9 Å². The van der Waals surface area contributed by atoms with Crippen LogP contribution in [-0.4, -0.2) is 15.1 Å². The maximum Gasteiger partial charge on any atom is 0.223 e. The average Bonchev–Trinajstić information content (AvgIpc) is 2.91. The lowest BCUT2D eigenvalue weighted by atomic mass is 10.2. The van der Waals surface area contributed by atoms with Gasteiger partial charge in [0.15, 0.2) is 5.82 Å². The van der Waals surface area contributed by atoms with Crippen LogP contribution in [0.3, 0.4) is 0 Å². The molecule has 2 aromatic heterocycles. The van der Waals surface area contributed by atoms with Gasteiger partial charge < -0.3 is 15.6 Å². The zero-order chi connectivity index (χ0) is 13.4. The van der Waals surface area contributed by atoms with E-state index >= 15 is 0 Å². The highest BCUT2D eigenvalue weighted by Crippen LogP contribution is 2.29. The number of nitrogen functional groups attached to an aromatic ring is 1. The van der Waals surface area contributed by atoms with Gasteiger partial charge in [0.1, 0.15) is 0 Å². The molecule has 0 amide bonds. The molecule has 0 unspecified atom stereocenters. The summed E-state index contributed by atoms with van der Waals surface area (Å²) >= 11 is 1.63. The van der Waals surface area contributed by atoms with Crippen molar-refractivity contribution in [1.29, 1.82) is 0 Å².